The maximum Gasteiger partial charge on any atom is 0.422 e. The molecular weight excluding hydrogens is 635 g/mol. The Labute approximate surface area is 282 Å². The Morgan fingerprint density at radius 1 is 1.14 bits per heavy atom. The number of aldehydes is 1. The van der Waals surface area contributed by atoms with Crippen LogP contribution in [-0.2, 0) is 14.3 Å². The van der Waals surface area contributed by atoms with Gasteiger partial charge in [0.1, 0.15) is 23.7 Å². The van der Waals surface area contributed by atoms with Crippen molar-refractivity contribution in [2.45, 2.75) is 45.7 Å². The minimum absolute atomic E-state index is 0.0187. The second-order valence-corrected chi connectivity index (χ2v) is 14.0. The third kappa shape index (κ3) is 6.54. The summed E-state index contributed by atoms with van der Waals surface area (Å²) in [6.45, 7) is 9.86. The van der Waals surface area contributed by atoms with Crippen LogP contribution >= 0.6 is 0 Å². The van der Waals surface area contributed by atoms with E-state index in [9.17, 15) is 22.8 Å². The number of benzene rings is 1. The van der Waals surface area contributed by atoms with Crippen molar-refractivity contribution in [2.24, 2.45) is 17.3 Å². The first-order valence-corrected chi connectivity index (χ1v) is 16.8. The summed E-state index contributed by atoms with van der Waals surface area (Å²) in [5, 5.41) is 9.20. The van der Waals surface area contributed by atoms with Crippen molar-refractivity contribution in [1.29, 1.82) is 0 Å². The fourth-order valence-electron chi connectivity index (χ4n) is 7.46. The Morgan fingerprint density at radius 2 is 1.88 bits per heavy atom. The molecule has 3 aromatic rings. The number of aromatic nitrogens is 4. The molecule has 4 aliphatic rings. The van der Waals surface area contributed by atoms with Gasteiger partial charge in [0.05, 0.1) is 11.7 Å². The first-order valence-electron chi connectivity index (χ1n) is 16.8. The third-order valence-electron chi connectivity index (χ3n) is 10.4. The van der Waals surface area contributed by atoms with E-state index in [0.717, 1.165) is 71.4 Å². The quantitative estimate of drug-likeness (QED) is 0.269. The lowest BCUT2D eigenvalue weighted by atomic mass is 9.72. The molecule has 10 nitrogen and oxygen atoms in total. The summed E-state index contributed by atoms with van der Waals surface area (Å²) < 4.78 is 45.0. The van der Waals surface area contributed by atoms with Gasteiger partial charge in [-0.2, -0.15) is 23.3 Å². The molecule has 49 heavy (non-hydrogen) atoms. The summed E-state index contributed by atoms with van der Waals surface area (Å²) in [5.41, 5.74) is 5.26. The molecule has 258 valence electrons. The SMILES string of the molecule is C=CC(=O)N1CC2(CCN(c3nc(N4CC(C=O)C4)nc(=C\OCC(F)(F)F)/c3=C\C(=C(/C)c3c(C)ccc4[nH]ncc34)C3CC3)CC2)C1. The minimum Gasteiger partial charge on any atom is -0.489 e. The van der Waals surface area contributed by atoms with E-state index in [1.54, 1.807) is 4.90 Å². The molecule has 1 aromatic carbocycles. The molecule has 0 bridgehead atoms. The number of carbonyl (C=O) groups is 2. The maximum atomic E-state index is 13.3. The van der Waals surface area contributed by atoms with E-state index in [1.807, 2.05) is 17.2 Å². The number of hydrogen-bond acceptors (Lipinski definition) is 8. The first-order chi connectivity index (χ1) is 23.5. The van der Waals surface area contributed by atoms with Crippen LogP contribution in [0.15, 0.2) is 36.6 Å². The molecule has 5 heterocycles. The number of nitrogens with one attached hydrogen (secondary N) is 1. The number of carbonyl (C=O) groups excluding carboxylic acids is 2. The summed E-state index contributed by atoms with van der Waals surface area (Å²) in [5.74, 6) is 1.03. The van der Waals surface area contributed by atoms with Gasteiger partial charge in [-0.15, -0.1) is 0 Å². The van der Waals surface area contributed by atoms with Crippen LogP contribution in [0.5, 0.6) is 0 Å². The number of anilines is 2. The number of piperidine rings is 1. The first kappa shape index (κ1) is 32.8. The largest absolute Gasteiger partial charge is 0.489 e. The fraction of sp³-hybridized carbons (Fsp3) is 0.472. The molecule has 3 saturated heterocycles. The Kier molecular flexibility index (Phi) is 8.48. The monoisotopic (exact) mass is 675 g/mol. The van der Waals surface area contributed by atoms with Gasteiger partial charge in [-0.1, -0.05) is 12.6 Å². The summed E-state index contributed by atoms with van der Waals surface area (Å²) in [4.78, 5) is 39.3. The van der Waals surface area contributed by atoms with E-state index >= 15 is 0 Å². The Morgan fingerprint density at radius 3 is 2.53 bits per heavy atom. The number of halogens is 3. The normalized spacial score (nSPS) is 20.7. The van der Waals surface area contributed by atoms with Crippen LogP contribution in [-0.4, -0.2) is 89.3 Å². The van der Waals surface area contributed by atoms with Crippen molar-refractivity contribution in [3.8, 4) is 0 Å². The second-order valence-electron chi connectivity index (χ2n) is 14.0. The minimum atomic E-state index is -4.52. The molecule has 13 heteroatoms. The van der Waals surface area contributed by atoms with E-state index in [-0.39, 0.29) is 28.5 Å². The van der Waals surface area contributed by atoms with Crippen LogP contribution in [0.3, 0.4) is 0 Å². The Balaban J connectivity index is 1.36. The molecule has 0 atom stereocenters. The summed E-state index contributed by atoms with van der Waals surface area (Å²) in [6, 6.07) is 4.07. The highest BCUT2D eigenvalue weighted by atomic mass is 19.4. The van der Waals surface area contributed by atoms with Gasteiger partial charge in [0.15, 0.2) is 6.61 Å². The number of nitrogens with zero attached hydrogens (tertiary/aromatic N) is 6. The van der Waals surface area contributed by atoms with Crippen LogP contribution in [0.2, 0.25) is 0 Å². The maximum absolute atomic E-state index is 13.3. The molecule has 0 radical (unpaired) electrons. The van der Waals surface area contributed by atoms with E-state index in [2.05, 4.69) is 47.7 Å². The number of ether oxygens (including phenoxy) is 1. The van der Waals surface area contributed by atoms with Crippen LogP contribution in [0, 0.1) is 24.2 Å². The van der Waals surface area contributed by atoms with Crippen molar-refractivity contribution in [3.05, 3.63) is 58.3 Å². The van der Waals surface area contributed by atoms with Crippen molar-refractivity contribution in [3.63, 3.8) is 0 Å². The topological polar surface area (TPSA) is 108 Å². The van der Waals surface area contributed by atoms with Gasteiger partial charge in [-0.25, -0.2) is 4.98 Å². The lowest BCUT2D eigenvalue weighted by Crippen LogP contribution is -2.62. The lowest BCUT2D eigenvalue weighted by molar-refractivity contribution is -0.157. The number of likely N-dealkylation sites (tertiary alicyclic amines) is 1. The molecule has 3 aliphatic heterocycles. The molecule has 1 saturated carbocycles. The number of aromatic amines is 1. The molecule has 4 fully saturated rings. The van der Waals surface area contributed by atoms with Crippen molar-refractivity contribution in [2.75, 3.05) is 55.7 Å². The van der Waals surface area contributed by atoms with E-state index < -0.39 is 12.8 Å². The number of amides is 1. The zero-order valence-corrected chi connectivity index (χ0v) is 27.7. The molecule has 1 amide bonds. The highest BCUT2D eigenvalue weighted by molar-refractivity contribution is 5.95. The van der Waals surface area contributed by atoms with Crippen LogP contribution in [0.4, 0.5) is 24.9 Å². The number of alkyl halides is 3. The zero-order valence-electron chi connectivity index (χ0n) is 27.7. The Hall–Kier alpha value is -4.68. The molecule has 0 unspecified atom stereocenters. The highest BCUT2D eigenvalue weighted by Gasteiger charge is 2.46. The number of aryl methyl sites for hydroxylation is 1. The predicted octanol–water partition coefficient (Wildman–Crippen LogP) is 3.89. The van der Waals surface area contributed by atoms with Gasteiger partial charge < -0.3 is 24.2 Å². The number of allylic oxidation sites excluding steroid dienone is 2. The number of rotatable bonds is 9. The molecule has 1 aliphatic carbocycles. The van der Waals surface area contributed by atoms with Gasteiger partial charge in [0.25, 0.3) is 0 Å². The van der Waals surface area contributed by atoms with E-state index in [1.165, 1.54) is 6.08 Å². The number of hydrogen-bond donors (Lipinski definition) is 1. The molecule has 7 rings (SSSR count). The summed E-state index contributed by atoms with van der Waals surface area (Å²) in [7, 11) is 0. The number of H-pyrrole nitrogens is 1. The Bertz CT molecular complexity index is 1940. The molecule has 1 spiro atoms. The average molecular weight is 676 g/mol. The van der Waals surface area contributed by atoms with Crippen molar-refractivity contribution >= 4 is 52.8 Å². The van der Waals surface area contributed by atoms with Gasteiger partial charge >= 0.3 is 6.18 Å². The van der Waals surface area contributed by atoms with Gasteiger partial charge in [0.2, 0.25) is 11.9 Å². The van der Waals surface area contributed by atoms with Crippen LogP contribution < -0.4 is 20.4 Å². The second kappa shape index (κ2) is 12.6. The van der Waals surface area contributed by atoms with Crippen molar-refractivity contribution in [1.82, 2.24) is 25.1 Å². The number of fused-ring (bicyclic) bond motifs is 1. The smallest absolute Gasteiger partial charge is 0.422 e. The van der Waals surface area contributed by atoms with Gasteiger partial charge in [-0.3, -0.25) is 9.89 Å². The summed E-state index contributed by atoms with van der Waals surface area (Å²) in [6.07, 6.45) is 6.36. The molecule has 2 aromatic heterocycles. The zero-order chi connectivity index (χ0) is 34.5. The standard InChI is InChI=1S/C36H40F3N7O3/c1-4-31(48)46-19-35(20-46)9-11-44(12-10-35)33-27(30(18-49-21-36(37,38)39)41-34(42-33)45-15-24(16-45)17-47)13-26(25-6-7-25)23(3)32-22(2)5-8-29-28(32)14-40-43-29/h4-5,8,13-14,17-18,24-25H,1,6-7,9-12,15-16,19-21H2,2-3H3,(H,40,43)/b26-23-,27-13+,30-18-. The van der Waals surface area contributed by atoms with E-state index in [0.29, 0.717) is 56.3 Å². The lowest BCUT2D eigenvalue weighted by Gasteiger charge is -2.54. The third-order valence-corrected chi connectivity index (χ3v) is 10.4. The molecule has 1 N–H and O–H groups in total. The molecular formula is C36H40F3N7O3. The van der Waals surface area contributed by atoms with E-state index in [4.69, 9.17) is 14.7 Å². The van der Waals surface area contributed by atoms with Crippen LogP contribution in [0.25, 0.3) is 28.8 Å². The average Bonchev–Trinajstić information content (AvgIpc) is 3.77. The van der Waals surface area contributed by atoms with Crippen LogP contribution in [0.1, 0.15) is 43.7 Å². The van der Waals surface area contributed by atoms with Crippen molar-refractivity contribution < 1.29 is 27.5 Å². The highest BCUT2D eigenvalue weighted by Crippen LogP contribution is 2.43. The summed E-state index contributed by atoms with van der Waals surface area (Å²) >= 11 is 0. The van der Waals surface area contributed by atoms with Gasteiger partial charge in [-0.05, 0) is 85.9 Å². The predicted molar refractivity (Wildman–Crippen MR) is 181 cm³/mol. The van der Waals surface area contributed by atoms with Gasteiger partial charge in [0, 0.05) is 61.2 Å². The fourth-order valence-corrected chi connectivity index (χ4v) is 7.46.